The summed E-state index contributed by atoms with van der Waals surface area (Å²) in [4.78, 5) is 12.2. The quantitative estimate of drug-likeness (QED) is 0.855. The van der Waals surface area contributed by atoms with Crippen LogP contribution >= 0.6 is 0 Å². The van der Waals surface area contributed by atoms with Crippen molar-refractivity contribution in [1.82, 2.24) is 0 Å². The highest BCUT2D eigenvalue weighted by Gasteiger charge is 2.10. The number of hydrogen-bond acceptors (Lipinski definition) is 3. The molecule has 4 nitrogen and oxygen atoms in total. The summed E-state index contributed by atoms with van der Waals surface area (Å²) in [5.74, 6) is -0.213. The summed E-state index contributed by atoms with van der Waals surface area (Å²) < 4.78 is 23.4. The van der Waals surface area contributed by atoms with E-state index in [4.69, 9.17) is 0 Å². The van der Waals surface area contributed by atoms with Crippen molar-refractivity contribution in [1.29, 1.82) is 0 Å². The normalized spacial score (nSPS) is 11.6. The number of hydrogen-bond donors (Lipinski definition) is 1. The minimum Gasteiger partial charge on any atom is -0.323 e. The molecule has 0 spiro atoms. The maximum atomic E-state index is 11.9. The zero-order valence-electron chi connectivity index (χ0n) is 13.1. The molecule has 0 bridgehead atoms. The van der Waals surface area contributed by atoms with Gasteiger partial charge in [-0.1, -0.05) is 36.8 Å². The van der Waals surface area contributed by atoms with Crippen LogP contribution in [-0.4, -0.2) is 20.1 Å². The molecule has 0 aliphatic heterocycles. The Morgan fingerprint density at radius 1 is 1.13 bits per heavy atom. The number of aryl methyl sites for hydroxylation is 1. The lowest BCUT2D eigenvalue weighted by atomic mass is 10.1. The maximum Gasteiger partial charge on any atom is 0.248 e. The van der Waals surface area contributed by atoms with E-state index in [-0.39, 0.29) is 16.6 Å². The Labute approximate surface area is 136 Å². The highest BCUT2D eigenvalue weighted by molar-refractivity contribution is 7.91. The minimum atomic E-state index is -3.22. The van der Waals surface area contributed by atoms with E-state index in [0.717, 1.165) is 11.1 Å². The average Bonchev–Trinajstić information content (AvgIpc) is 2.53. The van der Waals surface area contributed by atoms with Crippen molar-refractivity contribution in [2.45, 2.75) is 18.7 Å². The number of sulfone groups is 1. The zero-order chi connectivity index (χ0) is 16.9. The summed E-state index contributed by atoms with van der Waals surface area (Å²) in [7, 11) is -3.22. The Bertz CT molecular complexity index is 822. The van der Waals surface area contributed by atoms with E-state index >= 15 is 0 Å². The van der Waals surface area contributed by atoms with Gasteiger partial charge in [-0.2, -0.15) is 0 Å². The monoisotopic (exact) mass is 329 g/mol. The molecule has 120 valence electrons. The predicted molar refractivity (Wildman–Crippen MR) is 93.0 cm³/mol. The molecule has 0 aliphatic carbocycles. The topological polar surface area (TPSA) is 63.2 Å². The van der Waals surface area contributed by atoms with Gasteiger partial charge in [-0.05, 0) is 42.8 Å². The molecule has 1 amide bonds. The van der Waals surface area contributed by atoms with Crippen LogP contribution in [-0.2, 0) is 14.6 Å². The smallest absolute Gasteiger partial charge is 0.248 e. The van der Waals surface area contributed by atoms with Gasteiger partial charge in [-0.25, -0.2) is 8.42 Å². The molecule has 0 aliphatic rings. The molecule has 2 aromatic rings. The molecule has 2 aromatic carbocycles. The summed E-state index contributed by atoms with van der Waals surface area (Å²) in [5, 5.41) is 2.70. The van der Waals surface area contributed by atoms with E-state index in [2.05, 4.69) is 5.32 Å². The SMILES string of the molecule is CCS(=O)(=O)c1ccc(NC(=O)/C=C/c2cccc(C)c2)cc1. The Balaban J connectivity index is 2.03. The summed E-state index contributed by atoms with van der Waals surface area (Å²) >= 11 is 0. The maximum absolute atomic E-state index is 11.9. The summed E-state index contributed by atoms with van der Waals surface area (Å²) in [6.07, 6.45) is 3.18. The number of rotatable bonds is 5. The third kappa shape index (κ3) is 4.79. The fourth-order valence-electron chi connectivity index (χ4n) is 2.04. The number of carbonyl (C=O) groups is 1. The molecule has 0 radical (unpaired) electrons. The largest absolute Gasteiger partial charge is 0.323 e. The molecule has 0 unspecified atom stereocenters. The van der Waals surface area contributed by atoms with E-state index in [9.17, 15) is 13.2 Å². The number of benzene rings is 2. The first-order chi connectivity index (χ1) is 10.9. The van der Waals surface area contributed by atoms with Gasteiger partial charge in [0, 0.05) is 11.8 Å². The van der Waals surface area contributed by atoms with Crippen LogP contribution in [0.4, 0.5) is 5.69 Å². The lowest BCUT2D eigenvalue weighted by molar-refractivity contribution is -0.111. The van der Waals surface area contributed by atoms with E-state index in [1.165, 1.54) is 18.2 Å². The summed E-state index contributed by atoms with van der Waals surface area (Å²) in [5.41, 5.74) is 2.63. The molecule has 5 heteroatoms. The first kappa shape index (κ1) is 17.0. The number of nitrogens with one attached hydrogen (secondary N) is 1. The highest BCUT2D eigenvalue weighted by Crippen LogP contribution is 2.15. The van der Waals surface area contributed by atoms with Gasteiger partial charge in [0.1, 0.15) is 0 Å². The Morgan fingerprint density at radius 3 is 2.43 bits per heavy atom. The first-order valence-electron chi connectivity index (χ1n) is 7.29. The first-order valence-corrected chi connectivity index (χ1v) is 8.94. The van der Waals surface area contributed by atoms with Gasteiger partial charge in [0.25, 0.3) is 0 Å². The fraction of sp³-hybridized carbons (Fsp3) is 0.167. The molecule has 0 atom stereocenters. The fourth-order valence-corrected chi connectivity index (χ4v) is 2.93. The lowest BCUT2D eigenvalue weighted by Crippen LogP contribution is -2.08. The molecule has 23 heavy (non-hydrogen) atoms. The Morgan fingerprint density at radius 2 is 1.83 bits per heavy atom. The van der Waals surface area contributed by atoms with E-state index in [1.54, 1.807) is 25.1 Å². The number of amides is 1. The highest BCUT2D eigenvalue weighted by atomic mass is 32.2. The van der Waals surface area contributed by atoms with Crippen LogP contribution in [0, 0.1) is 6.92 Å². The standard InChI is InChI=1S/C18H19NO3S/c1-3-23(21,22)17-10-8-16(9-11-17)19-18(20)12-7-15-6-4-5-14(2)13-15/h4-13H,3H2,1-2H3,(H,19,20)/b12-7+. The molecule has 0 fully saturated rings. The van der Waals surface area contributed by atoms with Gasteiger partial charge >= 0.3 is 0 Å². The van der Waals surface area contributed by atoms with E-state index in [1.807, 2.05) is 31.2 Å². The molecule has 0 saturated heterocycles. The van der Waals surface area contributed by atoms with Crippen molar-refractivity contribution in [2.24, 2.45) is 0 Å². The molecule has 2 rings (SSSR count). The molecule has 0 aromatic heterocycles. The van der Waals surface area contributed by atoms with E-state index in [0.29, 0.717) is 5.69 Å². The van der Waals surface area contributed by atoms with Crippen molar-refractivity contribution in [3.05, 3.63) is 65.7 Å². The van der Waals surface area contributed by atoms with Crippen molar-refractivity contribution < 1.29 is 13.2 Å². The molecule has 1 N–H and O–H groups in total. The van der Waals surface area contributed by atoms with Crippen LogP contribution in [0.3, 0.4) is 0 Å². The minimum absolute atomic E-state index is 0.0535. The predicted octanol–water partition coefficient (Wildman–Crippen LogP) is 3.44. The lowest BCUT2D eigenvalue weighted by Gasteiger charge is -2.05. The zero-order valence-corrected chi connectivity index (χ0v) is 13.9. The third-order valence-corrected chi connectivity index (χ3v) is 5.08. The van der Waals surface area contributed by atoms with Crippen molar-refractivity contribution >= 4 is 27.5 Å². The molecular weight excluding hydrogens is 310 g/mol. The van der Waals surface area contributed by atoms with Gasteiger partial charge in [-0.15, -0.1) is 0 Å². The van der Waals surface area contributed by atoms with Crippen LogP contribution in [0.1, 0.15) is 18.1 Å². The van der Waals surface area contributed by atoms with Crippen LogP contribution in [0.2, 0.25) is 0 Å². The number of carbonyl (C=O) groups excluding carboxylic acids is 1. The summed E-state index contributed by atoms with van der Waals surface area (Å²) in [6, 6.07) is 14.0. The molecule has 0 saturated carbocycles. The van der Waals surface area contributed by atoms with Crippen LogP contribution in [0.15, 0.2) is 59.5 Å². The van der Waals surface area contributed by atoms with Crippen molar-refractivity contribution in [2.75, 3.05) is 11.1 Å². The van der Waals surface area contributed by atoms with Crippen LogP contribution < -0.4 is 5.32 Å². The van der Waals surface area contributed by atoms with Gasteiger partial charge in [-0.3, -0.25) is 4.79 Å². The summed E-state index contributed by atoms with van der Waals surface area (Å²) in [6.45, 7) is 3.59. The van der Waals surface area contributed by atoms with Gasteiger partial charge in [0.2, 0.25) is 5.91 Å². The average molecular weight is 329 g/mol. The second kappa shape index (κ2) is 7.24. The van der Waals surface area contributed by atoms with Gasteiger partial charge in [0.05, 0.1) is 10.6 Å². The third-order valence-electron chi connectivity index (χ3n) is 3.33. The Hall–Kier alpha value is -2.40. The van der Waals surface area contributed by atoms with Crippen LogP contribution in [0.25, 0.3) is 6.08 Å². The second-order valence-electron chi connectivity index (χ2n) is 5.16. The van der Waals surface area contributed by atoms with E-state index < -0.39 is 9.84 Å². The van der Waals surface area contributed by atoms with Crippen molar-refractivity contribution in [3.8, 4) is 0 Å². The number of anilines is 1. The molecular formula is C18H19NO3S. The second-order valence-corrected chi connectivity index (χ2v) is 7.44. The van der Waals surface area contributed by atoms with Gasteiger partial charge < -0.3 is 5.32 Å². The van der Waals surface area contributed by atoms with Gasteiger partial charge in [0.15, 0.2) is 9.84 Å². The Kier molecular flexibility index (Phi) is 5.34. The molecule has 0 heterocycles. The van der Waals surface area contributed by atoms with Crippen molar-refractivity contribution in [3.63, 3.8) is 0 Å². The van der Waals surface area contributed by atoms with Crippen LogP contribution in [0.5, 0.6) is 0 Å².